The highest BCUT2D eigenvalue weighted by Crippen LogP contribution is 2.36. The Bertz CT molecular complexity index is 684. The van der Waals surface area contributed by atoms with Gasteiger partial charge in [-0.15, -0.1) is 0 Å². The fraction of sp³-hybridized carbons (Fsp3) is 0.300. The molecule has 2 aromatic rings. The van der Waals surface area contributed by atoms with Gasteiger partial charge >= 0.3 is 0 Å². The summed E-state index contributed by atoms with van der Waals surface area (Å²) in [7, 11) is 0. The maximum absolute atomic E-state index is 5.95. The maximum atomic E-state index is 5.95. The van der Waals surface area contributed by atoms with E-state index in [0.717, 1.165) is 17.1 Å². The van der Waals surface area contributed by atoms with Crippen LogP contribution in [-0.4, -0.2) is 13.2 Å². The van der Waals surface area contributed by atoms with Crippen LogP contribution in [0.25, 0.3) is 11.6 Å². The van der Waals surface area contributed by atoms with E-state index in [4.69, 9.17) is 9.47 Å². The van der Waals surface area contributed by atoms with E-state index in [1.54, 1.807) is 0 Å². The fourth-order valence-electron chi connectivity index (χ4n) is 2.46. The molecule has 114 valence electrons. The molecule has 1 aliphatic rings. The number of benzene rings is 2. The van der Waals surface area contributed by atoms with Crippen LogP contribution in [0, 0.1) is 5.41 Å². The topological polar surface area (TPSA) is 18.5 Å². The Morgan fingerprint density at radius 2 is 1.64 bits per heavy atom. The molecule has 1 heterocycles. The van der Waals surface area contributed by atoms with Crippen molar-refractivity contribution in [3.8, 4) is 11.5 Å². The lowest BCUT2D eigenvalue weighted by atomic mass is 9.97. The zero-order valence-electron chi connectivity index (χ0n) is 13.4. The Kier molecular flexibility index (Phi) is 3.93. The molecule has 0 unspecified atom stereocenters. The zero-order valence-corrected chi connectivity index (χ0v) is 13.4. The SMILES string of the molecule is C/C(=C\c1ccccc1)c1ccc2c(c1)OCC(C)(C)CO2. The Morgan fingerprint density at radius 1 is 0.955 bits per heavy atom. The van der Waals surface area contributed by atoms with Gasteiger partial charge in [-0.05, 0) is 35.8 Å². The van der Waals surface area contributed by atoms with Crippen molar-refractivity contribution in [3.63, 3.8) is 0 Å². The van der Waals surface area contributed by atoms with E-state index in [9.17, 15) is 0 Å². The van der Waals surface area contributed by atoms with Crippen molar-refractivity contribution in [1.29, 1.82) is 0 Å². The van der Waals surface area contributed by atoms with E-state index >= 15 is 0 Å². The normalized spacial score (nSPS) is 17.0. The van der Waals surface area contributed by atoms with Crippen molar-refractivity contribution < 1.29 is 9.47 Å². The summed E-state index contributed by atoms with van der Waals surface area (Å²) in [5.74, 6) is 1.67. The molecule has 0 radical (unpaired) electrons. The summed E-state index contributed by atoms with van der Waals surface area (Å²) in [6.07, 6.45) is 2.18. The summed E-state index contributed by atoms with van der Waals surface area (Å²) in [5, 5.41) is 0. The van der Waals surface area contributed by atoms with Crippen LogP contribution in [0.2, 0.25) is 0 Å². The summed E-state index contributed by atoms with van der Waals surface area (Å²) >= 11 is 0. The average Bonchev–Trinajstić information content (AvgIpc) is 2.67. The van der Waals surface area contributed by atoms with Gasteiger partial charge in [0.2, 0.25) is 0 Å². The minimum Gasteiger partial charge on any atom is -0.489 e. The molecule has 0 amide bonds. The monoisotopic (exact) mass is 294 g/mol. The Labute approximate surface area is 132 Å². The number of ether oxygens (including phenoxy) is 2. The smallest absolute Gasteiger partial charge is 0.161 e. The zero-order chi connectivity index (χ0) is 15.6. The quantitative estimate of drug-likeness (QED) is 0.722. The molecule has 0 fully saturated rings. The minimum absolute atomic E-state index is 0.0358. The molecule has 0 spiro atoms. The predicted octanol–water partition coefficient (Wildman–Crippen LogP) is 5.04. The van der Waals surface area contributed by atoms with Crippen LogP contribution in [0.5, 0.6) is 11.5 Å². The van der Waals surface area contributed by atoms with Gasteiger partial charge in [0.25, 0.3) is 0 Å². The Hall–Kier alpha value is -2.22. The van der Waals surface area contributed by atoms with Crippen molar-refractivity contribution in [2.75, 3.05) is 13.2 Å². The molecule has 0 aromatic heterocycles. The Morgan fingerprint density at radius 3 is 2.36 bits per heavy atom. The van der Waals surface area contributed by atoms with E-state index in [0.29, 0.717) is 13.2 Å². The summed E-state index contributed by atoms with van der Waals surface area (Å²) in [6.45, 7) is 7.78. The van der Waals surface area contributed by atoms with Crippen LogP contribution in [-0.2, 0) is 0 Å². The molecule has 0 bridgehead atoms. The largest absolute Gasteiger partial charge is 0.489 e. The van der Waals surface area contributed by atoms with Crippen molar-refractivity contribution in [2.24, 2.45) is 5.41 Å². The predicted molar refractivity (Wildman–Crippen MR) is 91.2 cm³/mol. The summed E-state index contributed by atoms with van der Waals surface area (Å²) < 4.78 is 11.8. The minimum atomic E-state index is 0.0358. The van der Waals surface area contributed by atoms with E-state index in [-0.39, 0.29) is 5.41 Å². The first-order valence-electron chi connectivity index (χ1n) is 7.67. The summed E-state index contributed by atoms with van der Waals surface area (Å²) in [6, 6.07) is 16.5. The van der Waals surface area contributed by atoms with Gasteiger partial charge in [-0.2, -0.15) is 0 Å². The third kappa shape index (κ3) is 3.33. The van der Waals surface area contributed by atoms with Crippen LogP contribution >= 0.6 is 0 Å². The molecule has 0 aliphatic carbocycles. The number of rotatable bonds is 2. The Balaban J connectivity index is 1.88. The number of allylic oxidation sites excluding steroid dienone is 1. The van der Waals surface area contributed by atoms with Crippen LogP contribution in [0.4, 0.5) is 0 Å². The highest BCUT2D eigenvalue weighted by Gasteiger charge is 2.25. The van der Waals surface area contributed by atoms with Gasteiger partial charge < -0.3 is 9.47 Å². The molecular formula is C20H22O2. The van der Waals surface area contributed by atoms with E-state index in [1.165, 1.54) is 11.1 Å². The molecule has 3 rings (SSSR count). The first-order valence-corrected chi connectivity index (χ1v) is 7.67. The molecule has 0 atom stereocenters. The van der Waals surface area contributed by atoms with Gasteiger partial charge in [-0.25, -0.2) is 0 Å². The number of fused-ring (bicyclic) bond motifs is 1. The van der Waals surface area contributed by atoms with E-state index in [2.05, 4.69) is 63.2 Å². The van der Waals surface area contributed by atoms with Crippen LogP contribution in [0.15, 0.2) is 48.5 Å². The summed E-state index contributed by atoms with van der Waals surface area (Å²) in [5.41, 5.74) is 3.61. The van der Waals surface area contributed by atoms with Gasteiger partial charge in [0.05, 0.1) is 13.2 Å². The van der Waals surface area contributed by atoms with Crippen molar-refractivity contribution >= 4 is 11.6 Å². The lowest BCUT2D eigenvalue weighted by Crippen LogP contribution is -2.26. The standard InChI is InChI=1S/C20H22O2/c1-15(11-16-7-5-4-6-8-16)17-9-10-18-19(12-17)22-14-20(2,3)13-21-18/h4-12H,13-14H2,1-3H3/b15-11+. The molecule has 0 N–H and O–H groups in total. The lowest BCUT2D eigenvalue weighted by Gasteiger charge is -2.19. The highest BCUT2D eigenvalue weighted by molar-refractivity contribution is 5.81. The third-order valence-electron chi connectivity index (χ3n) is 3.82. The first-order chi connectivity index (χ1) is 10.5. The van der Waals surface area contributed by atoms with Gasteiger partial charge in [0.1, 0.15) is 0 Å². The molecular weight excluding hydrogens is 272 g/mol. The second-order valence-corrected chi connectivity index (χ2v) is 6.64. The van der Waals surface area contributed by atoms with E-state index in [1.807, 2.05) is 12.1 Å². The summed E-state index contributed by atoms with van der Waals surface area (Å²) in [4.78, 5) is 0. The van der Waals surface area contributed by atoms with Crippen LogP contribution in [0.1, 0.15) is 31.9 Å². The second-order valence-electron chi connectivity index (χ2n) is 6.64. The fourth-order valence-corrected chi connectivity index (χ4v) is 2.46. The van der Waals surface area contributed by atoms with Gasteiger partial charge in [-0.1, -0.05) is 56.3 Å². The van der Waals surface area contributed by atoms with Crippen LogP contribution < -0.4 is 9.47 Å². The molecule has 2 aromatic carbocycles. The number of hydrogen-bond donors (Lipinski definition) is 0. The number of hydrogen-bond acceptors (Lipinski definition) is 2. The average molecular weight is 294 g/mol. The maximum Gasteiger partial charge on any atom is 0.161 e. The van der Waals surface area contributed by atoms with E-state index < -0.39 is 0 Å². The van der Waals surface area contributed by atoms with Crippen molar-refractivity contribution in [1.82, 2.24) is 0 Å². The molecule has 2 nitrogen and oxygen atoms in total. The first kappa shape index (κ1) is 14.7. The molecule has 2 heteroatoms. The molecule has 0 saturated heterocycles. The molecule has 0 saturated carbocycles. The third-order valence-corrected chi connectivity index (χ3v) is 3.82. The van der Waals surface area contributed by atoms with Gasteiger partial charge in [0, 0.05) is 5.41 Å². The molecule has 22 heavy (non-hydrogen) atoms. The second kappa shape index (κ2) is 5.88. The highest BCUT2D eigenvalue weighted by atomic mass is 16.5. The van der Waals surface area contributed by atoms with Crippen molar-refractivity contribution in [2.45, 2.75) is 20.8 Å². The van der Waals surface area contributed by atoms with Crippen LogP contribution in [0.3, 0.4) is 0 Å². The van der Waals surface area contributed by atoms with Gasteiger partial charge in [-0.3, -0.25) is 0 Å². The molecule has 1 aliphatic heterocycles. The van der Waals surface area contributed by atoms with Gasteiger partial charge in [0.15, 0.2) is 11.5 Å². The van der Waals surface area contributed by atoms with Crippen molar-refractivity contribution in [3.05, 3.63) is 59.7 Å². The lowest BCUT2D eigenvalue weighted by molar-refractivity contribution is 0.140.